The third-order valence-corrected chi connectivity index (χ3v) is 4.14. The van der Waals surface area contributed by atoms with Gasteiger partial charge in [-0.1, -0.05) is 19.8 Å². The Labute approximate surface area is 124 Å². The van der Waals surface area contributed by atoms with Crippen LogP contribution < -0.4 is 10.6 Å². The highest BCUT2D eigenvalue weighted by Crippen LogP contribution is 2.36. The van der Waals surface area contributed by atoms with Crippen LogP contribution in [-0.2, 0) is 0 Å². The Hall–Kier alpha value is -1.65. The Kier molecular flexibility index (Phi) is 4.80. The minimum absolute atomic E-state index is 0.0215. The Bertz CT molecular complexity index is 502. The van der Waals surface area contributed by atoms with Crippen LogP contribution in [0.5, 0.6) is 0 Å². The molecule has 0 unspecified atom stereocenters. The average molecular weight is 296 g/mol. The summed E-state index contributed by atoms with van der Waals surface area (Å²) in [4.78, 5) is 12.1. The highest BCUT2D eigenvalue weighted by Gasteiger charge is 2.29. The van der Waals surface area contributed by atoms with E-state index < -0.39 is 17.5 Å². The lowest BCUT2D eigenvalue weighted by Crippen LogP contribution is -2.34. The summed E-state index contributed by atoms with van der Waals surface area (Å²) in [5.41, 5.74) is -0.0544. The third kappa shape index (κ3) is 3.71. The van der Waals surface area contributed by atoms with Gasteiger partial charge in [0.15, 0.2) is 0 Å². The van der Waals surface area contributed by atoms with Crippen LogP contribution in [0.25, 0.3) is 0 Å². The summed E-state index contributed by atoms with van der Waals surface area (Å²) in [5, 5.41) is 5.41. The highest BCUT2D eigenvalue weighted by molar-refractivity contribution is 5.94. The fourth-order valence-corrected chi connectivity index (χ4v) is 2.85. The molecule has 3 nitrogen and oxygen atoms in total. The number of nitrogens with one attached hydrogen (secondary N) is 2. The fourth-order valence-electron chi connectivity index (χ4n) is 2.85. The molecule has 0 aromatic heterocycles. The van der Waals surface area contributed by atoms with E-state index in [9.17, 15) is 13.6 Å². The molecule has 0 radical (unpaired) electrons. The Morgan fingerprint density at radius 2 is 1.81 bits per heavy atom. The van der Waals surface area contributed by atoms with Gasteiger partial charge >= 0.3 is 0 Å². The van der Waals surface area contributed by atoms with Crippen molar-refractivity contribution >= 4 is 11.6 Å². The zero-order valence-electron chi connectivity index (χ0n) is 12.6. The summed E-state index contributed by atoms with van der Waals surface area (Å²) in [6.45, 7) is 4.85. The van der Waals surface area contributed by atoms with Gasteiger partial charge in [-0.05, 0) is 37.3 Å². The summed E-state index contributed by atoms with van der Waals surface area (Å²) < 4.78 is 27.6. The first-order chi connectivity index (χ1) is 9.95. The van der Waals surface area contributed by atoms with Crippen LogP contribution in [0.1, 0.15) is 49.9 Å². The Morgan fingerprint density at radius 3 is 2.33 bits per heavy atom. The van der Waals surface area contributed by atoms with Gasteiger partial charge in [-0.2, -0.15) is 0 Å². The number of benzene rings is 1. The van der Waals surface area contributed by atoms with Crippen molar-refractivity contribution in [3.63, 3.8) is 0 Å². The first kappa shape index (κ1) is 15.7. The largest absolute Gasteiger partial charge is 0.381 e. The second-order valence-electron chi connectivity index (χ2n) is 6.05. The van der Waals surface area contributed by atoms with Gasteiger partial charge in [0.25, 0.3) is 5.91 Å². The molecule has 2 N–H and O–H groups in total. The zero-order valence-corrected chi connectivity index (χ0v) is 12.6. The summed E-state index contributed by atoms with van der Waals surface area (Å²) in [5.74, 6) is -1.91. The normalized spacial score (nSPS) is 16.8. The first-order valence-corrected chi connectivity index (χ1v) is 7.46. The molecule has 0 bridgehead atoms. The van der Waals surface area contributed by atoms with Gasteiger partial charge in [-0.25, -0.2) is 8.78 Å². The van der Waals surface area contributed by atoms with Gasteiger partial charge in [-0.15, -0.1) is 0 Å². The molecule has 1 aromatic rings. The molecular weight excluding hydrogens is 274 g/mol. The molecule has 5 heteroatoms. The molecule has 116 valence electrons. The first-order valence-electron chi connectivity index (χ1n) is 7.46. The van der Waals surface area contributed by atoms with Crippen molar-refractivity contribution in [2.45, 2.75) is 39.5 Å². The van der Waals surface area contributed by atoms with E-state index >= 15 is 0 Å². The van der Waals surface area contributed by atoms with E-state index in [1.54, 1.807) is 6.92 Å². The van der Waals surface area contributed by atoms with Crippen molar-refractivity contribution in [1.29, 1.82) is 0 Å². The van der Waals surface area contributed by atoms with Crippen LogP contribution in [-0.4, -0.2) is 19.0 Å². The predicted octanol–water partition coefficient (Wildman–Crippen LogP) is 3.71. The summed E-state index contributed by atoms with van der Waals surface area (Å²) in [6.07, 6.45) is 4.50. The van der Waals surface area contributed by atoms with Gasteiger partial charge in [-0.3, -0.25) is 4.79 Å². The molecule has 1 fully saturated rings. The molecule has 0 heterocycles. The van der Waals surface area contributed by atoms with Crippen LogP contribution in [0.2, 0.25) is 0 Å². The lowest BCUT2D eigenvalue weighted by atomic mass is 9.89. The number of halogens is 2. The van der Waals surface area contributed by atoms with Crippen LogP contribution >= 0.6 is 0 Å². The second-order valence-corrected chi connectivity index (χ2v) is 6.05. The number of carbonyl (C=O) groups excluding carboxylic acids is 1. The van der Waals surface area contributed by atoms with Gasteiger partial charge in [0.05, 0.1) is 0 Å². The van der Waals surface area contributed by atoms with Crippen molar-refractivity contribution in [2.75, 3.05) is 18.4 Å². The molecule has 1 saturated carbocycles. The molecule has 1 aromatic carbocycles. The van der Waals surface area contributed by atoms with E-state index in [0.29, 0.717) is 13.1 Å². The highest BCUT2D eigenvalue weighted by atomic mass is 19.1. The Balaban J connectivity index is 2.05. The SMILES string of the molecule is CCNc1c(F)cc(C(=O)NCC2(C)CCCC2)cc1F. The van der Waals surface area contributed by atoms with Gasteiger partial charge in [0.2, 0.25) is 0 Å². The topological polar surface area (TPSA) is 41.1 Å². The second kappa shape index (κ2) is 6.41. The number of carbonyl (C=O) groups is 1. The van der Waals surface area contributed by atoms with E-state index in [0.717, 1.165) is 25.0 Å². The number of amides is 1. The molecule has 2 rings (SSSR count). The molecule has 1 amide bonds. The predicted molar refractivity (Wildman–Crippen MR) is 79.4 cm³/mol. The summed E-state index contributed by atoms with van der Waals surface area (Å²) in [7, 11) is 0. The molecule has 0 aliphatic heterocycles. The molecule has 0 atom stereocenters. The molecule has 21 heavy (non-hydrogen) atoms. The van der Waals surface area contributed by atoms with Gasteiger partial charge in [0, 0.05) is 18.7 Å². The van der Waals surface area contributed by atoms with Crippen molar-refractivity contribution in [3.8, 4) is 0 Å². The zero-order chi connectivity index (χ0) is 15.5. The molecule has 1 aliphatic carbocycles. The molecule has 0 saturated heterocycles. The van der Waals surface area contributed by atoms with E-state index in [-0.39, 0.29) is 16.7 Å². The van der Waals surface area contributed by atoms with Gasteiger partial charge in [0.1, 0.15) is 17.3 Å². The van der Waals surface area contributed by atoms with Crippen LogP contribution in [0.3, 0.4) is 0 Å². The monoisotopic (exact) mass is 296 g/mol. The Morgan fingerprint density at radius 1 is 1.24 bits per heavy atom. The third-order valence-electron chi connectivity index (χ3n) is 4.14. The summed E-state index contributed by atoms with van der Waals surface area (Å²) >= 11 is 0. The van der Waals surface area contributed by atoms with Crippen LogP contribution in [0.15, 0.2) is 12.1 Å². The van der Waals surface area contributed by atoms with E-state index in [2.05, 4.69) is 17.6 Å². The molecule has 0 spiro atoms. The number of rotatable bonds is 5. The lowest BCUT2D eigenvalue weighted by Gasteiger charge is -2.23. The van der Waals surface area contributed by atoms with Crippen molar-refractivity contribution in [3.05, 3.63) is 29.3 Å². The van der Waals surface area contributed by atoms with E-state index in [1.165, 1.54) is 12.8 Å². The lowest BCUT2D eigenvalue weighted by molar-refractivity contribution is 0.0933. The minimum atomic E-state index is -0.742. The van der Waals surface area contributed by atoms with E-state index in [1.807, 2.05) is 0 Å². The maximum Gasteiger partial charge on any atom is 0.251 e. The smallest absolute Gasteiger partial charge is 0.251 e. The van der Waals surface area contributed by atoms with E-state index in [4.69, 9.17) is 0 Å². The maximum atomic E-state index is 13.8. The fraction of sp³-hybridized carbons (Fsp3) is 0.562. The summed E-state index contributed by atoms with van der Waals surface area (Å²) in [6, 6.07) is 2.15. The van der Waals surface area contributed by atoms with Crippen molar-refractivity contribution in [2.24, 2.45) is 5.41 Å². The molecule has 1 aliphatic rings. The average Bonchev–Trinajstić information content (AvgIpc) is 2.87. The quantitative estimate of drug-likeness (QED) is 0.869. The number of hydrogen-bond acceptors (Lipinski definition) is 2. The minimum Gasteiger partial charge on any atom is -0.381 e. The van der Waals surface area contributed by atoms with Crippen molar-refractivity contribution < 1.29 is 13.6 Å². The maximum absolute atomic E-state index is 13.8. The van der Waals surface area contributed by atoms with Gasteiger partial charge < -0.3 is 10.6 Å². The molecular formula is C16H22F2N2O. The van der Waals surface area contributed by atoms with Crippen molar-refractivity contribution in [1.82, 2.24) is 5.32 Å². The number of anilines is 1. The van der Waals surface area contributed by atoms with Crippen LogP contribution in [0.4, 0.5) is 14.5 Å². The van der Waals surface area contributed by atoms with Crippen LogP contribution in [0, 0.1) is 17.0 Å². The number of hydrogen-bond donors (Lipinski definition) is 2. The standard InChI is InChI=1S/C16H22F2N2O/c1-3-19-14-12(17)8-11(9-13(14)18)15(21)20-10-16(2)6-4-5-7-16/h8-9,19H,3-7,10H2,1-2H3,(H,20,21).